The number of aliphatic hydroxyl groups excluding tert-OH is 2. The van der Waals surface area contributed by atoms with Gasteiger partial charge < -0.3 is 10.2 Å². The Morgan fingerprint density at radius 3 is 2.59 bits per heavy atom. The predicted molar refractivity (Wildman–Crippen MR) is 120 cm³/mol. The second-order valence-electron chi connectivity index (χ2n) is 11.8. The molecule has 4 rings (SSSR count). The van der Waals surface area contributed by atoms with Gasteiger partial charge in [0.25, 0.3) is 0 Å². The fourth-order valence-corrected chi connectivity index (χ4v) is 8.53. The van der Waals surface area contributed by atoms with E-state index in [0.717, 1.165) is 42.9 Å². The molecule has 0 aromatic heterocycles. The summed E-state index contributed by atoms with van der Waals surface area (Å²) < 4.78 is 0. The van der Waals surface area contributed by atoms with Crippen LogP contribution in [0.2, 0.25) is 0 Å². The van der Waals surface area contributed by atoms with Gasteiger partial charge in [-0.1, -0.05) is 38.5 Å². The largest absolute Gasteiger partial charge is 0.390 e. The molecule has 2 heteroatoms. The van der Waals surface area contributed by atoms with Crippen LogP contribution in [0.1, 0.15) is 92.4 Å². The summed E-state index contributed by atoms with van der Waals surface area (Å²) in [5.41, 5.74) is 3.23. The number of allylic oxidation sites excluding steroid dienone is 3. The third-order valence-electron chi connectivity index (χ3n) is 10.1. The van der Waals surface area contributed by atoms with Crippen LogP contribution in [-0.2, 0) is 0 Å². The lowest BCUT2D eigenvalue weighted by Gasteiger charge is -2.59. The van der Waals surface area contributed by atoms with Gasteiger partial charge >= 0.3 is 0 Å². The van der Waals surface area contributed by atoms with Gasteiger partial charge in [-0.2, -0.15) is 0 Å². The second-order valence-corrected chi connectivity index (χ2v) is 11.8. The Balaban J connectivity index is 1.53. The van der Waals surface area contributed by atoms with Gasteiger partial charge in [0.15, 0.2) is 0 Å². The zero-order chi connectivity index (χ0) is 21.0. The fraction of sp³-hybridized carbons (Fsp3) is 0.852. The Kier molecular flexibility index (Phi) is 5.84. The molecule has 3 fully saturated rings. The van der Waals surface area contributed by atoms with E-state index in [9.17, 15) is 10.2 Å². The van der Waals surface area contributed by atoms with Crippen LogP contribution in [0, 0.1) is 40.4 Å². The summed E-state index contributed by atoms with van der Waals surface area (Å²) in [6.45, 7) is 12.0. The van der Waals surface area contributed by atoms with Crippen molar-refractivity contribution < 1.29 is 10.2 Å². The Morgan fingerprint density at radius 2 is 1.86 bits per heavy atom. The predicted octanol–water partition coefficient (Wildman–Crippen LogP) is 6.28. The van der Waals surface area contributed by atoms with Crippen molar-refractivity contribution in [2.24, 2.45) is 40.4 Å². The monoisotopic (exact) mass is 400 g/mol. The van der Waals surface area contributed by atoms with Crippen LogP contribution in [-0.4, -0.2) is 22.4 Å². The highest BCUT2D eigenvalue weighted by Crippen LogP contribution is 2.67. The maximum Gasteiger partial charge on any atom is 0.101 e. The van der Waals surface area contributed by atoms with E-state index >= 15 is 0 Å². The lowest BCUT2D eigenvalue weighted by molar-refractivity contribution is -0.0800. The Bertz CT molecular complexity index is 674. The highest BCUT2D eigenvalue weighted by Gasteiger charge is 2.60. The molecule has 3 saturated carbocycles. The molecule has 0 aliphatic heterocycles. The molecular weight excluding hydrogens is 356 g/mol. The molecule has 0 heterocycles. The molecule has 0 unspecified atom stereocenters. The van der Waals surface area contributed by atoms with Crippen LogP contribution in [0.4, 0.5) is 0 Å². The van der Waals surface area contributed by atoms with Crippen LogP contribution >= 0.6 is 0 Å². The summed E-state index contributed by atoms with van der Waals surface area (Å²) in [6.07, 6.45) is 14.6. The van der Waals surface area contributed by atoms with E-state index in [0.29, 0.717) is 11.3 Å². The van der Waals surface area contributed by atoms with Crippen LogP contribution in [0.5, 0.6) is 0 Å². The van der Waals surface area contributed by atoms with Gasteiger partial charge in [0.1, 0.15) is 6.10 Å². The highest BCUT2D eigenvalue weighted by molar-refractivity contribution is 5.29. The molecule has 29 heavy (non-hydrogen) atoms. The first-order valence-corrected chi connectivity index (χ1v) is 12.4. The van der Waals surface area contributed by atoms with E-state index in [1.54, 1.807) is 0 Å². The summed E-state index contributed by atoms with van der Waals surface area (Å²) >= 11 is 0. The van der Waals surface area contributed by atoms with Crippen molar-refractivity contribution in [3.8, 4) is 0 Å². The van der Waals surface area contributed by atoms with E-state index in [4.69, 9.17) is 0 Å². The number of aliphatic hydroxyl groups is 2. The fourth-order valence-electron chi connectivity index (χ4n) is 8.53. The van der Waals surface area contributed by atoms with E-state index in [1.807, 2.05) is 0 Å². The molecule has 0 saturated heterocycles. The maximum atomic E-state index is 10.7. The smallest absolute Gasteiger partial charge is 0.101 e. The molecule has 164 valence electrons. The molecule has 0 bridgehead atoms. The van der Waals surface area contributed by atoms with Crippen LogP contribution in [0.15, 0.2) is 23.3 Å². The summed E-state index contributed by atoms with van der Waals surface area (Å²) in [4.78, 5) is 0. The third kappa shape index (κ3) is 3.47. The number of fused-ring (bicyclic) bond motifs is 5. The molecule has 2 nitrogen and oxygen atoms in total. The Labute approximate surface area is 178 Å². The van der Waals surface area contributed by atoms with Gasteiger partial charge in [0.05, 0.1) is 6.10 Å². The van der Waals surface area contributed by atoms with Crippen molar-refractivity contribution in [1.29, 1.82) is 0 Å². The zero-order valence-electron chi connectivity index (χ0n) is 19.5. The molecule has 2 N–H and O–H groups in total. The van der Waals surface area contributed by atoms with Crippen molar-refractivity contribution >= 4 is 0 Å². The molecular formula is C27H44O2. The first-order chi connectivity index (χ1) is 13.7. The first kappa shape index (κ1) is 21.6. The summed E-state index contributed by atoms with van der Waals surface area (Å²) in [7, 11) is 0. The van der Waals surface area contributed by atoms with E-state index in [1.165, 1.54) is 49.7 Å². The standard InChI is InChI=1S/C27H44O2/c1-17(2)7-6-8-18(3)20-11-12-21-19-9-10-23-25(29)24(28)14-16-27(23,5)22(19)13-15-26(20,21)4/h7,10,18-22,24-25,28-29H,6,8-9,11-16H2,1-5H3/t18-,19+,20-,21+,22+,24-,25-,26-,27-/m1/s1. The molecule has 0 aromatic rings. The second kappa shape index (κ2) is 7.83. The zero-order valence-corrected chi connectivity index (χ0v) is 19.5. The van der Waals surface area contributed by atoms with Crippen LogP contribution in [0.25, 0.3) is 0 Å². The average Bonchev–Trinajstić information content (AvgIpc) is 3.02. The van der Waals surface area contributed by atoms with Crippen molar-refractivity contribution in [2.75, 3.05) is 0 Å². The third-order valence-corrected chi connectivity index (χ3v) is 10.1. The van der Waals surface area contributed by atoms with E-state index < -0.39 is 12.2 Å². The summed E-state index contributed by atoms with van der Waals surface area (Å²) in [5.74, 6) is 4.00. The molecule has 0 radical (unpaired) electrons. The topological polar surface area (TPSA) is 40.5 Å². The highest BCUT2D eigenvalue weighted by atomic mass is 16.3. The molecule has 0 aromatic carbocycles. The van der Waals surface area contributed by atoms with Gasteiger partial charge in [-0.25, -0.2) is 0 Å². The summed E-state index contributed by atoms with van der Waals surface area (Å²) in [5, 5.41) is 20.9. The van der Waals surface area contributed by atoms with Crippen molar-refractivity contribution in [2.45, 2.75) is 105 Å². The number of hydrogen-bond acceptors (Lipinski definition) is 2. The molecule has 4 aliphatic carbocycles. The quantitative estimate of drug-likeness (QED) is 0.545. The first-order valence-electron chi connectivity index (χ1n) is 12.4. The SMILES string of the molecule is CC(C)=CCC[C@@H](C)[C@H]1CC[C@H]2[C@@H]3CC=C4[C@@H](O)[C@H](O)CC[C@]4(C)[C@H]3CC[C@]12C. The van der Waals surface area contributed by atoms with Gasteiger partial charge in [-0.3, -0.25) is 0 Å². The Hall–Kier alpha value is -0.600. The lowest BCUT2D eigenvalue weighted by atomic mass is 9.46. The molecule has 4 aliphatic rings. The van der Waals surface area contributed by atoms with Gasteiger partial charge in [0.2, 0.25) is 0 Å². The normalized spacial score (nSPS) is 47.5. The van der Waals surface area contributed by atoms with Gasteiger partial charge in [0, 0.05) is 0 Å². The summed E-state index contributed by atoms with van der Waals surface area (Å²) in [6, 6.07) is 0. The van der Waals surface area contributed by atoms with Crippen molar-refractivity contribution in [3.05, 3.63) is 23.3 Å². The Morgan fingerprint density at radius 1 is 1.10 bits per heavy atom. The molecule has 9 atom stereocenters. The van der Waals surface area contributed by atoms with Gasteiger partial charge in [-0.15, -0.1) is 0 Å². The van der Waals surface area contributed by atoms with Crippen LogP contribution in [0.3, 0.4) is 0 Å². The van der Waals surface area contributed by atoms with Crippen molar-refractivity contribution in [1.82, 2.24) is 0 Å². The minimum atomic E-state index is -0.630. The molecule has 0 amide bonds. The maximum absolute atomic E-state index is 10.7. The molecule has 0 spiro atoms. The number of rotatable bonds is 4. The van der Waals surface area contributed by atoms with E-state index in [-0.39, 0.29) is 5.41 Å². The lowest BCUT2D eigenvalue weighted by Crippen LogP contribution is -2.53. The minimum absolute atomic E-state index is 0.107. The average molecular weight is 401 g/mol. The van der Waals surface area contributed by atoms with E-state index in [2.05, 4.69) is 46.8 Å². The van der Waals surface area contributed by atoms with Gasteiger partial charge in [-0.05, 0) is 118 Å². The van der Waals surface area contributed by atoms with Crippen LogP contribution < -0.4 is 0 Å². The van der Waals surface area contributed by atoms with Crippen molar-refractivity contribution in [3.63, 3.8) is 0 Å². The minimum Gasteiger partial charge on any atom is -0.390 e. The number of hydrogen-bond donors (Lipinski definition) is 2.